The lowest BCUT2D eigenvalue weighted by Crippen LogP contribution is -2.29. The molecule has 2 rings (SSSR count). The Morgan fingerprint density at radius 3 is 2.83 bits per heavy atom. The lowest BCUT2D eigenvalue weighted by Gasteiger charge is -2.13. The van der Waals surface area contributed by atoms with Crippen LogP contribution >= 0.6 is 24.0 Å². The number of carbonyl (C=O) groups is 2. The minimum absolute atomic E-state index is 0.0134. The summed E-state index contributed by atoms with van der Waals surface area (Å²) < 4.78 is 0.401. The molecule has 0 aromatic heterocycles. The summed E-state index contributed by atoms with van der Waals surface area (Å²) in [5.74, 6) is -1.04. The zero-order valence-electron chi connectivity index (χ0n) is 12.9. The van der Waals surface area contributed by atoms with E-state index in [0.29, 0.717) is 27.6 Å². The number of carboxylic acids is 1. The molecule has 1 aliphatic heterocycles. The summed E-state index contributed by atoms with van der Waals surface area (Å²) in [5.41, 5.74) is 1.27. The van der Waals surface area contributed by atoms with Gasteiger partial charge in [-0.2, -0.15) is 0 Å². The zero-order chi connectivity index (χ0) is 17.7. The molecule has 1 saturated heterocycles. The van der Waals surface area contributed by atoms with Gasteiger partial charge in [0, 0.05) is 18.5 Å². The van der Waals surface area contributed by atoms with Gasteiger partial charge < -0.3 is 10.2 Å². The first-order chi connectivity index (χ1) is 11.4. The van der Waals surface area contributed by atoms with Gasteiger partial charge in [-0.15, -0.1) is 6.58 Å². The fourth-order valence-corrected chi connectivity index (χ4v) is 3.57. The van der Waals surface area contributed by atoms with Crippen LogP contribution in [0.4, 0.5) is 0 Å². The van der Waals surface area contributed by atoms with Gasteiger partial charge in [-0.1, -0.05) is 48.3 Å². The van der Waals surface area contributed by atoms with Crippen molar-refractivity contribution in [3.05, 3.63) is 46.9 Å². The number of phenolic OH excluding ortho intramolecular Hbond substituents is 1. The second kappa shape index (κ2) is 8.12. The largest absolute Gasteiger partial charge is 0.507 e. The smallest absolute Gasteiger partial charge is 0.303 e. The van der Waals surface area contributed by atoms with Crippen molar-refractivity contribution in [2.24, 2.45) is 0 Å². The van der Waals surface area contributed by atoms with Crippen molar-refractivity contribution in [2.75, 3.05) is 6.54 Å². The maximum Gasteiger partial charge on any atom is 0.303 e. The molecule has 1 amide bonds. The number of carbonyl (C=O) groups excluding carboxylic acids is 1. The van der Waals surface area contributed by atoms with E-state index in [9.17, 15) is 14.7 Å². The summed E-state index contributed by atoms with van der Waals surface area (Å²) in [6, 6.07) is 5.32. The fourth-order valence-electron chi connectivity index (χ4n) is 2.27. The third kappa shape index (κ3) is 4.24. The number of nitrogens with zero attached hydrogens (tertiary/aromatic N) is 1. The van der Waals surface area contributed by atoms with E-state index in [1.807, 2.05) is 0 Å². The first kappa shape index (κ1) is 18.2. The first-order valence-electron chi connectivity index (χ1n) is 7.33. The first-order valence-corrected chi connectivity index (χ1v) is 8.55. The van der Waals surface area contributed by atoms with Crippen LogP contribution in [0, 0.1) is 0 Å². The fraction of sp³-hybridized carbons (Fsp3) is 0.235. The number of hydrogen-bond donors (Lipinski definition) is 2. The molecule has 0 radical (unpaired) electrons. The summed E-state index contributed by atoms with van der Waals surface area (Å²) >= 11 is 6.35. The lowest BCUT2D eigenvalue weighted by molar-refractivity contribution is -0.137. The monoisotopic (exact) mass is 363 g/mol. The van der Waals surface area contributed by atoms with E-state index in [0.717, 1.165) is 17.3 Å². The molecule has 1 aliphatic rings. The Morgan fingerprint density at radius 2 is 2.17 bits per heavy atom. The molecule has 2 N–H and O–H groups in total. The number of aromatic hydroxyl groups is 1. The van der Waals surface area contributed by atoms with E-state index in [2.05, 4.69) is 6.58 Å². The standard InChI is InChI=1S/C17H17NO4S2/c1-2-5-11-6-3-7-12(15(11)21)10-13-16(22)18(17(23)24-13)9-4-8-14(19)20/h2-3,6-7,10,21H,1,4-5,8-9H2,(H,19,20). The number of phenols is 1. The highest BCUT2D eigenvalue weighted by Crippen LogP contribution is 2.35. The molecule has 5 nitrogen and oxygen atoms in total. The molecule has 0 atom stereocenters. The second-order valence-electron chi connectivity index (χ2n) is 5.18. The Labute approximate surface area is 149 Å². The Bertz CT molecular complexity index is 727. The average Bonchev–Trinajstić information content (AvgIpc) is 2.78. The number of para-hydroxylation sites is 1. The highest BCUT2D eigenvalue weighted by molar-refractivity contribution is 8.26. The Balaban J connectivity index is 2.18. The molecule has 0 bridgehead atoms. The molecule has 0 aliphatic carbocycles. The van der Waals surface area contributed by atoms with Gasteiger partial charge in [-0.3, -0.25) is 14.5 Å². The molecule has 1 fully saturated rings. The number of thioether (sulfide) groups is 1. The van der Waals surface area contributed by atoms with Crippen molar-refractivity contribution in [3.63, 3.8) is 0 Å². The minimum atomic E-state index is -0.903. The van der Waals surface area contributed by atoms with Crippen LogP contribution in [-0.2, 0) is 16.0 Å². The number of hydrogen-bond acceptors (Lipinski definition) is 5. The van der Waals surface area contributed by atoms with Crippen LogP contribution in [0.1, 0.15) is 24.0 Å². The van der Waals surface area contributed by atoms with Gasteiger partial charge in [0.05, 0.1) is 4.91 Å². The Morgan fingerprint density at radius 1 is 1.42 bits per heavy atom. The Hall–Kier alpha value is -2.12. The van der Waals surface area contributed by atoms with Gasteiger partial charge in [-0.25, -0.2) is 0 Å². The van der Waals surface area contributed by atoms with Gasteiger partial charge in [-0.05, 0) is 24.5 Å². The number of amides is 1. The lowest BCUT2D eigenvalue weighted by atomic mass is 10.1. The van der Waals surface area contributed by atoms with E-state index in [4.69, 9.17) is 17.3 Å². The number of thiocarbonyl (C=S) groups is 1. The Kier molecular flexibility index (Phi) is 6.16. The van der Waals surface area contributed by atoms with Crippen LogP contribution in [0.3, 0.4) is 0 Å². The van der Waals surface area contributed by atoms with E-state index >= 15 is 0 Å². The van der Waals surface area contributed by atoms with Crippen molar-refractivity contribution in [1.29, 1.82) is 0 Å². The van der Waals surface area contributed by atoms with Crippen molar-refractivity contribution >= 4 is 46.3 Å². The average molecular weight is 363 g/mol. The quantitative estimate of drug-likeness (QED) is 0.440. The third-order valence-corrected chi connectivity index (χ3v) is 4.83. The summed E-state index contributed by atoms with van der Waals surface area (Å²) in [6.07, 6.45) is 4.17. The van der Waals surface area contributed by atoms with Gasteiger partial charge in [0.25, 0.3) is 5.91 Å². The highest BCUT2D eigenvalue weighted by atomic mass is 32.2. The van der Waals surface area contributed by atoms with E-state index in [1.54, 1.807) is 30.4 Å². The maximum atomic E-state index is 12.4. The van der Waals surface area contributed by atoms with Gasteiger partial charge in [0.2, 0.25) is 0 Å². The second-order valence-corrected chi connectivity index (χ2v) is 6.85. The SMILES string of the molecule is C=CCc1cccc(C=C2SC(=S)N(CCCC(=O)O)C2=O)c1O. The van der Waals surface area contributed by atoms with Crippen molar-refractivity contribution in [3.8, 4) is 5.75 Å². The topological polar surface area (TPSA) is 77.8 Å². The molecular weight excluding hydrogens is 346 g/mol. The molecule has 1 aromatic carbocycles. The molecule has 1 aromatic rings. The minimum Gasteiger partial charge on any atom is -0.507 e. The van der Waals surface area contributed by atoms with Gasteiger partial charge in [0.1, 0.15) is 10.1 Å². The predicted octanol–water partition coefficient (Wildman–Crippen LogP) is 3.19. The molecule has 0 spiro atoms. The van der Waals surface area contributed by atoms with Crippen LogP contribution in [0.5, 0.6) is 5.75 Å². The number of benzene rings is 1. The van der Waals surface area contributed by atoms with Crippen LogP contribution in [0.15, 0.2) is 35.8 Å². The third-order valence-electron chi connectivity index (χ3n) is 3.45. The van der Waals surface area contributed by atoms with Crippen molar-refractivity contribution in [1.82, 2.24) is 4.90 Å². The van der Waals surface area contributed by atoms with Crippen LogP contribution in [0.2, 0.25) is 0 Å². The normalized spacial score (nSPS) is 16.0. The number of allylic oxidation sites excluding steroid dienone is 1. The highest BCUT2D eigenvalue weighted by Gasteiger charge is 2.31. The van der Waals surface area contributed by atoms with E-state index in [-0.39, 0.29) is 24.6 Å². The predicted molar refractivity (Wildman–Crippen MR) is 98.8 cm³/mol. The molecule has 0 unspecified atom stereocenters. The number of aliphatic carboxylic acids is 1. The summed E-state index contributed by atoms with van der Waals surface area (Å²) in [4.78, 5) is 24.8. The van der Waals surface area contributed by atoms with Crippen molar-refractivity contribution in [2.45, 2.75) is 19.3 Å². The number of carboxylic acid groups (broad SMARTS) is 1. The van der Waals surface area contributed by atoms with Crippen LogP contribution < -0.4 is 0 Å². The van der Waals surface area contributed by atoms with Crippen LogP contribution in [0.25, 0.3) is 6.08 Å². The molecule has 7 heteroatoms. The number of rotatable bonds is 7. The summed E-state index contributed by atoms with van der Waals surface area (Å²) in [7, 11) is 0. The van der Waals surface area contributed by atoms with Gasteiger partial charge in [0.15, 0.2) is 0 Å². The molecule has 1 heterocycles. The molecule has 126 valence electrons. The molecular formula is C17H17NO4S2. The molecule has 0 saturated carbocycles. The van der Waals surface area contributed by atoms with E-state index < -0.39 is 5.97 Å². The van der Waals surface area contributed by atoms with Gasteiger partial charge >= 0.3 is 5.97 Å². The summed E-state index contributed by atoms with van der Waals surface area (Å²) in [6.45, 7) is 3.93. The van der Waals surface area contributed by atoms with Crippen LogP contribution in [-0.4, -0.2) is 37.9 Å². The van der Waals surface area contributed by atoms with Crippen molar-refractivity contribution < 1.29 is 19.8 Å². The van der Waals surface area contributed by atoms with E-state index in [1.165, 1.54) is 4.90 Å². The summed E-state index contributed by atoms with van der Waals surface area (Å²) in [5, 5.41) is 19.0. The zero-order valence-corrected chi connectivity index (χ0v) is 14.5. The molecule has 24 heavy (non-hydrogen) atoms. The maximum absolute atomic E-state index is 12.4.